The highest BCUT2D eigenvalue weighted by Gasteiger charge is 2.11. The highest BCUT2D eigenvalue weighted by Crippen LogP contribution is 2.22. The molecule has 0 spiro atoms. The predicted molar refractivity (Wildman–Crippen MR) is 72.0 cm³/mol. The zero-order valence-electron chi connectivity index (χ0n) is 9.64. The summed E-state index contributed by atoms with van der Waals surface area (Å²) >= 11 is 5.57. The van der Waals surface area contributed by atoms with Gasteiger partial charge in [-0.1, -0.05) is 18.2 Å². The molecule has 0 N–H and O–H groups in total. The number of aryl methyl sites for hydroxylation is 1. The molecule has 0 bridgehead atoms. The summed E-state index contributed by atoms with van der Waals surface area (Å²) in [6, 6.07) is 11.1. The van der Waals surface area contributed by atoms with Gasteiger partial charge in [-0.15, -0.1) is 0 Å². The highest BCUT2D eigenvalue weighted by atomic mass is 35.5. The Morgan fingerprint density at radius 3 is 2.39 bits per heavy atom. The van der Waals surface area contributed by atoms with Crippen LogP contribution in [0.3, 0.4) is 0 Å². The first-order chi connectivity index (χ1) is 8.66. The average molecular weight is 257 g/mol. The Kier molecular flexibility index (Phi) is 2.49. The molecule has 0 radical (unpaired) electrons. The minimum absolute atomic E-state index is 0.395. The van der Waals surface area contributed by atoms with E-state index in [2.05, 4.69) is 9.97 Å². The molecule has 0 aliphatic carbocycles. The average Bonchev–Trinajstić information content (AvgIpc) is 2.36. The predicted octanol–water partition coefficient (Wildman–Crippen LogP) is 3.47. The molecule has 3 nitrogen and oxygen atoms in total. The van der Waals surface area contributed by atoms with Crippen LogP contribution in [0.25, 0.3) is 22.1 Å². The molecule has 0 saturated heterocycles. The van der Waals surface area contributed by atoms with Crippen molar-refractivity contribution in [1.82, 2.24) is 9.97 Å². The van der Waals surface area contributed by atoms with E-state index >= 15 is 0 Å². The zero-order valence-corrected chi connectivity index (χ0v) is 10.4. The van der Waals surface area contributed by atoms with Gasteiger partial charge in [-0.2, -0.15) is 0 Å². The normalized spacial score (nSPS) is 11.0. The number of aromatic nitrogens is 2. The maximum absolute atomic E-state index is 11.4. The molecule has 0 fully saturated rings. The number of hydrogen-bond acceptors (Lipinski definition) is 3. The number of rotatable bonds is 1. The van der Waals surface area contributed by atoms with E-state index in [1.165, 1.54) is 0 Å². The Hall–Kier alpha value is -2.00. The van der Waals surface area contributed by atoms with Crippen molar-refractivity contribution in [3.63, 3.8) is 0 Å². The van der Waals surface area contributed by atoms with Crippen molar-refractivity contribution in [2.45, 2.75) is 6.92 Å². The Morgan fingerprint density at radius 2 is 1.67 bits per heavy atom. The lowest BCUT2D eigenvalue weighted by molar-refractivity contribution is 0.108. The second-order valence-electron chi connectivity index (χ2n) is 4.11. The second kappa shape index (κ2) is 4.03. The molecule has 1 heterocycles. The van der Waals surface area contributed by atoms with Crippen LogP contribution in [-0.4, -0.2) is 15.2 Å². The van der Waals surface area contributed by atoms with Crippen LogP contribution in [0.1, 0.15) is 15.9 Å². The van der Waals surface area contributed by atoms with Gasteiger partial charge >= 0.3 is 0 Å². The standard InChI is InChI=1S/C14H9ClN2O/c1-8-4-2-6-10-12(8)17-13-9(14(15)18)5-3-7-11(13)16-10/h2-7H,1H3. The van der Waals surface area contributed by atoms with Gasteiger partial charge in [-0.3, -0.25) is 4.79 Å². The van der Waals surface area contributed by atoms with Crippen molar-refractivity contribution in [2.24, 2.45) is 0 Å². The van der Waals surface area contributed by atoms with Crippen molar-refractivity contribution in [1.29, 1.82) is 0 Å². The third-order valence-electron chi connectivity index (χ3n) is 2.91. The number of para-hydroxylation sites is 2. The van der Waals surface area contributed by atoms with Crippen LogP contribution in [0.4, 0.5) is 0 Å². The molecule has 0 aliphatic heterocycles. The summed E-state index contributed by atoms with van der Waals surface area (Å²) in [5.41, 5.74) is 4.28. The zero-order chi connectivity index (χ0) is 12.7. The highest BCUT2D eigenvalue weighted by molar-refractivity contribution is 6.68. The molecule has 0 saturated carbocycles. The third-order valence-corrected chi connectivity index (χ3v) is 3.11. The fraction of sp³-hybridized carbons (Fsp3) is 0.0714. The smallest absolute Gasteiger partial charge is 0.254 e. The first-order valence-electron chi connectivity index (χ1n) is 5.53. The van der Waals surface area contributed by atoms with E-state index in [4.69, 9.17) is 11.6 Å². The molecule has 0 aliphatic rings. The van der Waals surface area contributed by atoms with Crippen molar-refractivity contribution in [3.05, 3.63) is 47.5 Å². The Morgan fingerprint density at radius 1 is 1.00 bits per heavy atom. The molecular formula is C14H9ClN2O. The van der Waals surface area contributed by atoms with Crippen molar-refractivity contribution in [3.8, 4) is 0 Å². The van der Waals surface area contributed by atoms with Gasteiger partial charge in [0.15, 0.2) is 0 Å². The van der Waals surface area contributed by atoms with Crippen LogP contribution in [0.5, 0.6) is 0 Å². The van der Waals surface area contributed by atoms with Gasteiger partial charge in [0.05, 0.1) is 22.1 Å². The summed E-state index contributed by atoms with van der Waals surface area (Å²) in [5, 5.41) is -0.511. The van der Waals surface area contributed by atoms with Gasteiger partial charge in [-0.05, 0) is 42.3 Å². The van der Waals surface area contributed by atoms with E-state index in [-0.39, 0.29) is 0 Å². The minimum Gasteiger partial charge on any atom is -0.276 e. The minimum atomic E-state index is -0.511. The maximum atomic E-state index is 11.4. The fourth-order valence-electron chi connectivity index (χ4n) is 2.02. The van der Waals surface area contributed by atoms with Crippen molar-refractivity contribution >= 4 is 38.9 Å². The lowest BCUT2D eigenvalue weighted by Crippen LogP contribution is -1.96. The fourth-order valence-corrected chi connectivity index (χ4v) is 2.17. The van der Waals surface area contributed by atoms with E-state index in [1.54, 1.807) is 12.1 Å². The number of carbonyl (C=O) groups is 1. The van der Waals surface area contributed by atoms with E-state index in [9.17, 15) is 4.79 Å². The molecule has 1 aromatic heterocycles. The van der Waals surface area contributed by atoms with Crippen LogP contribution >= 0.6 is 11.6 Å². The molecule has 0 atom stereocenters. The molecule has 0 amide bonds. The topological polar surface area (TPSA) is 42.9 Å². The summed E-state index contributed by atoms with van der Waals surface area (Å²) in [7, 11) is 0. The van der Waals surface area contributed by atoms with Crippen molar-refractivity contribution in [2.75, 3.05) is 0 Å². The molecular weight excluding hydrogens is 248 g/mol. The monoisotopic (exact) mass is 256 g/mol. The molecule has 4 heteroatoms. The number of carbonyl (C=O) groups excluding carboxylic acids is 1. The molecule has 2 aromatic carbocycles. The van der Waals surface area contributed by atoms with Crippen LogP contribution in [0.15, 0.2) is 36.4 Å². The second-order valence-corrected chi connectivity index (χ2v) is 4.46. The molecule has 3 aromatic rings. The van der Waals surface area contributed by atoms with E-state index in [1.807, 2.05) is 31.2 Å². The van der Waals surface area contributed by atoms with Crippen molar-refractivity contribution < 1.29 is 4.79 Å². The van der Waals surface area contributed by atoms with Gasteiger partial charge in [0.25, 0.3) is 5.24 Å². The third kappa shape index (κ3) is 1.64. The molecule has 3 rings (SSSR count). The van der Waals surface area contributed by atoms with E-state index in [0.29, 0.717) is 16.6 Å². The quantitative estimate of drug-likeness (QED) is 0.495. The van der Waals surface area contributed by atoms with Gasteiger partial charge < -0.3 is 0 Å². The Balaban J connectivity index is 2.50. The number of halogens is 1. The van der Waals surface area contributed by atoms with Crippen LogP contribution in [0.2, 0.25) is 0 Å². The van der Waals surface area contributed by atoms with E-state index in [0.717, 1.165) is 16.6 Å². The summed E-state index contributed by atoms with van der Waals surface area (Å²) < 4.78 is 0. The van der Waals surface area contributed by atoms with Gasteiger partial charge in [0, 0.05) is 0 Å². The number of nitrogens with zero attached hydrogens (tertiary/aromatic N) is 2. The lowest BCUT2D eigenvalue weighted by atomic mass is 10.1. The Labute approximate surface area is 108 Å². The largest absolute Gasteiger partial charge is 0.276 e. The van der Waals surface area contributed by atoms with Gasteiger partial charge in [0.1, 0.15) is 5.52 Å². The van der Waals surface area contributed by atoms with E-state index < -0.39 is 5.24 Å². The lowest BCUT2D eigenvalue weighted by Gasteiger charge is -2.05. The number of hydrogen-bond donors (Lipinski definition) is 0. The summed E-state index contributed by atoms with van der Waals surface area (Å²) in [4.78, 5) is 20.4. The number of benzene rings is 2. The summed E-state index contributed by atoms with van der Waals surface area (Å²) in [6.45, 7) is 1.97. The van der Waals surface area contributed by atoms with Crippen LogP contribution in [0, 0.1) is 6.92 Å². The molecule has 18 heavy (non-hydrogen) atoms. The first-order valence-corrected chi connectivity index (χ1v) is 5.90. The van der Waals surface area contributed by atoms with Crippen LogP contribution < -0.4 is 0 Å². The maximum Gasteiger partial charge on any atom is 0.254 e. The number of fused-ring (bicyclic) bond motifs is 2. The summed E-state index contributed by atoms with van der Waals surface area (Å²) in [5.74, 6) is 0. The van der Waals surface area contributed by atoms with Gasteiger partial charge in [0.2, 0.25) is 0 Å². The molecule has 88 valence electrons. The Bertz CT molecular complexity index is 783. The first kappa shape index (κ1) is 11.1. The van der Waals surface area contributed by atoms with Gasteiger partial charge in [-0.25, -0.2) is 9.97 Å². The SMILES string of the molecule is Cc1cccc2nc3cccc(C(=O)Cl)c3nc12. The molecule has 0 unspecified atom stereocenters. The summed E-state index contributed by atoms with van der Waals surface area (Å²) in [6.07, 6.45) is 0. The van der Waals surface area contributed by atoms with Crippen LogP contribution in [-0.2, 0) is 0 Å².